The Labute approximate surface area is 118 Å². The Kier molecular flexibility index (Phi) is 3.74. The summed E-state index contributed by atoms with van der Waals surface area (Å²) in [6, 6.07) is 7.37. The number of para-hydroxylation sites is 1. The molecule has 1 aromatic carbocycles. The minimum atomic E-state index is -0.862. The van der Waals surface area contributed by atoms with Crippen molar-refractivity contribution in [2.24, 2.45) is 0 Å². The second-order valence-corrected chi connectivity index (χ2v) is 5.44. The summed E-state index contributed by atoms with van der Waals surface area (Å²) in [5.74, 6) is -1.56. The number of esters is 1. The van der Waals surface area contributed by atoms with E-state index in [9.17, 15) is 9.59 Å². The zero-order chi connectivity index (χ0) is 14.8. The lowest BCUT2D eigenvalue weighted by molar-refractivity contribution is -0.162. The molecule has 2 rings (SSSR count). The van der Waals surface area contributed by atoms with Crippen molar-refractivity contribution in [3.05, 3.63) is 48.2 Å². The van der Waals surface area contributed by atoms with Crippen molar-refractivity contribution >= 4 is 23.6 Å². The molecule has 0 saturated heterocycles. The molecule has 0 saturated carbocycles. The van der Waals surface area contributed by atoms with Crippen LogP contribution in [0.4, 0.5) is 5.69 Å². The van der Waals surface area contributed by atoms with Crippen LogP contribution in [-0.2, 0) is 14.3 Å². The number of nitrogens with zero attached hydrogens (tertiary/aromatic N) is 1. The first-order valence-corrected chi connectivity index (χ1v) is 6.39. The number of ether oxygens (including phenoxy) is 1. The lowest BCUT2D eigenvalue weighted by atomic mass is 10.1. The number of hydrogen-bond donors (Lipinski definition) is 0. The average molecular weight is 271 g/mol. The van der Waals surface area contributed by atoms with Crippen molar-refractivity contribution in [2.75, 3.05) is 4.90 Å². The second-order valence-electron chi connectivity index (χ2n) is 5.44. The number of rotatable bonds is 0. The SMILES string of the molecule is CC(C)(C)OC(=O)C(=O)N1C=CC=Cc2ccccc21. The third-order valence-electron chi connectivity index (χ3n) is 2.61. The van der Waals surface area contributed by atoms with Crippen LogP contribution in [0, 0.1) is 0 Å². The van der Waals surface area contributed by atoms with Gasteiger partial charge in [0, 0.05) is 6.20 Å². The van der Waals surface area contributed by atoms with Crippen molar-refractivity contribution in [1.82, 2.24) is 0 Å². The highest BCUT2D eigenvalue weighted by Crippen LogP contribution is 2.25. The van der Waals surface area contributed by atoms with Crippen LogP contribution in [0.5, 0.6) is 0 Å². The maximum absolute atomic E-state index is 12.3. The van der Waals surface area contributed by atoms with Gasteiger partial charge in [-0.25, -0.2) is 4.79 Å². The Bertz CT molecular complexity index is 594. The molecule has 0 spiro atoms. The van der Waals surface area contributed by atoms with Crippen LogP contribution in [0.3, 0.4) is 0 Å². The van der Waals surface area contributed by atoms with Gasteiger partial charge in [-0.2, -0.15) is 0 Å². The van der Waals surface area contributed by atoms with E-state index in [4.69, 9.17) is 4.74 Å². The molecule has 0 aliphatic carbocycles. The molecule has 0 unspecified atom stereocenters. The van der Waals surface area contributed by atoms with E-state index in [-0.39, 0.29) is 0 Å². The van der Waals surface area contributed by atoms with E-state index in [1.807, 2.05) is 30.4 Å². The largest absolute Gasteiger partial charge is 0.453 e. The van der Waals surface area contributed by atoms with Gasteiger partial charge in [0.05, 0.1) is 5.69 Å². The maximum Gasteiger partial charge on any atom is 0.398 e. The van der Waals surface area contributed by atoms with E-state index >= 15 is 0 Å². The topological polar surface area (TPSA) is 46.6 Å². The molecule has 4 nitrogen and oxygen atoms in total. The number of carbonyl (C=O) groups is 2. The minimum absolute atomic E-state index is 0.661. The fraction of sp³-hybridized carbons (Fsp3) is 0.250. The van der Waals surface area contributed by atoms with Crippen LogP contribution in [0.1, 0.15) is 26.3 Å². The smallest absolute Gasteiger partial charge is 0.398 e. The van der Waals surface area contributed by atoms with Gasteiger partial charge in [-0.05, 0) is 38.5 Å². The van der Waals surface area contributed by atoms with E-state index in [2.05, 4.69) is 0 Å². The highest BCUT2D eigenvalue weighted by atomic mass is 16.6. The summed E-state index contributed by atoms with van der Waals surface area (Å²) in [5.41, 5.74) is 0.836. The first kappa shape index (κ1) is 14.1. The predicted octanol–water partition coefficient (Wildman–Crippen LogP) is 2.90. The van der Waals surface area contributed by atoms with Gasteiger partial charge >= 0.3 is 11.9 Å². The highest BCUT2D eigenvalue weighted by molar-refractivity contribution is 6.38. The van der Waals surface area contributed by atoms with Gasteiger partial charge in [0.2, 0.25) is 0 Å². The van der Waals surface area contributed by atoms with Gasteiger partial charge in [0.1, 0.15) is 5.60 Å². The van der Waals surface area contributed by atoms with Gasteiger partial charge in [-0.1, -0.05) is 30.4 Å². The molecule has 1 aliphatic heterocycles. The van der Waals surface area contributed by atoms with Crippen LogP contribution < -0.4 is 4.90 Å². The van der Waals surface area contributed by atoms with Gasteiger partial charge in [-0.15, -0.1) is 0 Å². The molecule has 0 atom stereocenters. The van der Waals surface area contributed by atoms with Gasteiger partial charge < -0.3 is 4.74 Å². The standard InChI is InChI=1S/C16H17NO3/c1-16(2,3)20-15(19)14(18)17-11-7-6-9-12-8-4-5-10-13(12)17/h4-11H,1-3H3. The van der Waals surface area contributed by atoms with E-state index in [0.717, 1.165) is 5.56 Å². The Balaban J connectivity index is 2.30. The molecule has 20 heavy (non-hydrogen) atoms. The maximum atomic E-state index is 12.3. The summed E-state index contributed by atoms with van der Waals surface area (Å²) < 4.78 is 5.12. The number of fused-ring (bicyclic) bond motifs is 1. The number of anilines is 1. The van der Waals surface area contributed by atoms with Crippen molar-refractivity contribution in [3.8, 4) is 0 Å². The lowest BCUT2D eigenvalue weighted by Gasteiger charge is -2.23. The predicted molar refractivity (Wildman–Crippen MR) is 77.9 cm³/mol. The van der Waals surface area contributed by atoms with Gasteiger partial charge in [-0.3, -0.25) is 9.69 Å². The summed E-state index contributed by atoms with van der Waals surface area (Å²) in [5, 5.41) is 0. The van der Waals surface area contributed by atoms with E-state index in [0.29, 0.717) is 5.69 Å². The van der Waals surface area contributed by atoms with Crippen LogP contribution in [-0.4, -0.2) is 17.5 Å². The molecule has 0 aromatic heterocycles. The van der Waals surface area contributed by atoms with Crippen molar-refractivity contribution in [2.45, 2.75) is 26.4 Å². The monoisotopic (exact) mass is 271 g/mol. The molecule has 0 radical (unpaired) electrons. The number of allylic oxidation sites excluding steroid dienone is 2. The number of amides is 1. The summed E-state index contributed by atoms with van der Waals surface area (Å²) >= 11 is 0. The molecular weight excluding hydrogens is 254 g/mol. The molecule has 1 heterocycles. The normalized spacial score (nSPS) is 13.7. The first-order valence-electron chi connectivity index (χ1n) is 6.39. The van der Waals surface area contributed by atoms with Crippen LogP contribution >= 0.6 is 0 Å². The number of hydrogen-bond acceptors (Lipinski definition) is 3. The summed E-state index contributed by atoms with van der Waals surface area (Å²) in [4.78, 5) is 25.5. The highest BCUT2D eigenvalue weighted by Gasteiger charge is 2.28. The van der Waals surface area contributed by atoms with E-state index < -0.39 is 17.5 Å². The van der Waals surface area contributed by atoms with Gasteiger partial charge in [0.15, 0.2) is 0 Å². The minimum Gasteiger partial charge on any atom is -0.453 e. The third-order valence-corrected chi connectivity index (χ3v) is 2.61. The molecule has 0 bridgehead atoms. The van der Waals surface area contributed by atoms with Crippen LogP contribution in [0.2, 0.25) is 0 Å². The third kappa shape index (κ3) is 3.15. The molecule has 4 heteroatoms. The average Bonchev–Trinajstić information content (AvgIpc) is 2.58. The Hall–Kier alpha value is -2.36. The molecule has 104 valence electrons. The summed E-state index contributed by atoms with van der Waals surface area (Å²) in [7, 11) is 0. The number of carbonyl (C=O) groups excluding carboxylic acids is 2. The number of benzene rings is 1. The zero-order valence-electron chi connectivity index (χ0n) is 11.8. The molecule has 0 fully saturated rings. The summed E-state index contributed by atoms with van der Waals surface area (Å²) in [6.07, 6.45) is 6.98. The Morgan fingerprint density at radius 2 is 1.80 bits per heavy atom. The molecule has 1 amide bonds. The molecule has 1 aliphatic rings. The zero-order valence-corrected chi connectivity index (χ0v) is 11.8. The van der Waals surface area contributed by atoms with Crippen molar-refractivity contribution < 1.29 is 14.3 Å². The van der Waals surface area contributed by atoms with Crippen LogP contribution in [0.15, 0.2) is 42.6 Å². The van der Waals surface area contributed by atoms with E-state index in [1.54, 1.807) is 39.1 Å². The van der Waals surface area contributed by atoms with Crippen molar-refractivity contribution in [3.63, 3.8) is 0 Å². The quantitative estimate of drug-likeness (QED) is 0.538. The Morgan fingerprint density at radius 3 is 2.50 bits per heavy atom. The van der Waals surface area contributed by atoms with E-state index in [1.165, 1.54) is 4.90 Å². The second kappa shape index (κ2) is 5.33. The van der Waals surface area contributed by atoms with Crippen LogP contribution in [0.25, 0.3) is 6.08 Å². The summed E-state index contributed by atoms with van der Waals surface area (Å²) in [6.45, 7) is 5.18. The fourth-order valence-electron chi connectivity index (χ4n) is 1.82. The van der Waals surface area contributed by atoms with Crippen molar-refractivity contribution in [1.29, 1.82) is 0 Å². The molecule has 0 N–H and O–H groups in total. The Morgan fingerprint density at radius 1 is 1.10 bits per heavy atom. The molecular formula is C16H17NO3. The van der Waals surface area contributed by atoms with Gasteiger partial charge in [0.25, 0.3) is 0 Å². The first-order chi connectivity index (χ1) is 9.38. The lowest BCUT2D eigenvalue weighted by Crippen LogP contribution is -2.38. The fourth-order valence-corrected chi connectivity index (χ4v) is 1.82. The molecule has 1 aromatic rings.